The average Bonchev–Trinajstić information content (AvgIpc) is 2.03. The Bertz CT molecular complexity index is 276. The van der Waals surface area contributed by atoms with E-state index in [-0.39, 0.29) is 6.61 Å². The molecule has 85 valence electrons. The normalized spacial score (nSPS) is 7.73. The Morgan fingerprint density at radius 3 is 2.20 bits per heavy atom. The molecule has 0 rings (SSSR count). The molecule has 0 spiro atoms. The second-order valence-corrected chi connectivity index (χ2v) is 9.57. The van der Waals surface area contributed by atoms with Crippen molar-refractivity contribution in [2.45, 2.75) is 6.92 Å². The van der Waals surface area contributed by atoms with Crippen molar-refractivity contribution in [3.05, 3.63) is 17.9 Å². The number of nitrogens with zero attached hydrogens (tertiary/aromatic N) is 2. The summed E-state index contributed by atoms with van der Waals surface area (Å²) in [5, 5.41) is 8.62. The topological polar surface area (TPSA) is 82.9 Å². The molecule has 0 aromatic heterocycles. The third-order valence-corrected chi connectivity index (χ3v) is 0.842. The molecule has 0 radical (unpaired) electrons. The molecule has 0 fully saturated rings. The second-order valence-electron chi connectivity index (χ2n) is 1.83. The zero-order chi connectivity index (χ0) is 12.4. The van der Waals surface area contributed by atoms with Gasteiger partial charge in [0.25, 0.3) is 0 Å². The Labute approximate surface area is 105 Å². The van der Waals surface area contributed by atoms with Gasteiger partial charge in [-0.1, -0.05) is 0 Å². The van der Waals surface area contributed by atoms with Gasteiger partial charge in [-0.05, 0) is 13.5 Å². The van der Waals surface area contributed by atoms with Crippen molar-refractivity contribution in [3.63, 3.8) is 0 Å². The molecule has 0 unspecified atom stereocenters. The third kappa shape index (κ3) is 11.9. The molecular weight excluding hydrogens is 302 g/mol. The van der Waals surface area contributed by atoms with E-state index in [1.165, 1.54) is 0 Å². The summed E-state index contributed by atoms with van der Waals surface area (Å²) >= 11 is -1.92. The first-order chi connectivity index (χ1) is 6.86. The van der Waals surface area contributed by atoms with Crippen molar-refractivity contribution in [1.82, 2.24) is 0 Å². The van der Waals surface area contributed by atoms with E-state index >= 15 is 0 Å². The number of carbonyl (C=O) groups is 1. The SMILES string of the molecule is C=C(O)C(=[N+]=[N-])C(=O)OCC.[Cl][Ti]([Cl])[Cl]. The van der Waals surface area contributed by atoms with Crippen LogP contribution in [0.15, 0.2) is 12.3 Å². The van der Waals surface area contributed by atoms with Crippen LogP contribution in [0.25, 0.3) is 5.53 Å². The summed E-state index contributed by atoms with van der Waals surface area (Å²) in [5.74, 6) is -1.52. The van der Waals surface area contributed by atoms with Gasteiger partial charge in [0, 0.05) is 0 Å². The molecule has 0 amide bonds. The molecule has 0 atom stereocenters. The van der Waals surface area contributed by atoms with Crippen LogP contribution < -0.4 is 0 Å². The van der Waals surface area contributed by atoms with Gasteiger partial charge in [0.05, 0.1) is 6.61 Å². The quantitative estimate of drug-likeness (QED) is 0.217. The molecule has 0 aliphatic heterocycles. The number of halogens is 3. The number of ether oxygens (including phenoxy) is 1. The number of aliphatic hydroxyl groups is 1. The molecule has 0 aromatic carbocycles. The Morgan fingerprint density at radius 1 is 1.60 bits per heavy atom. The first kappa shape index (κ1) is 17.4. The van der Waals surface area contributed by atoms with Gasteiger partial charge in [-0.3, -0.25) is 0 Å². The standard InChI is InChI=1S/C6H8N2O3.3ClH.Ti/c1-3-11-6(10)5(8-7)4(2)9;;;;/h9H,2-3H2,1H3;3*1H;/q;;;;+3/p-3. The van der Waals surface area contributed by atoms with Crippen LogP contribution in [0.3, 0.4) is 0 Å². The van der Waals surface area contributed by atoms with Gasteiger partial charge in [0.15, 0.2) is 0 Å². The number of esters is 1. The molecule has 1 N–H and O–H groups in total. The summed E-state index contributed by atoms with van der Waals surface area (Å²) in [6.45, 7) is 4.73. The average molecular weight is 310 g/mol. The van der Waals surface area contributed by atoms with Crippen molar-refractivity contribution in [3.8, 4) is 0 Å². The van der Waals surface area contributed by atoms with Crippen LogP contribution in [0.4, 0.5) is 0 Å². The monoisotopic (exact) mass is 309 g/mol. The maximum atomic E-state index is 10.7. The Morgan fingerprint density at radius 2 is 2.00 bits per heavy atom. The molecular formula is C6H8Cl3N2O3Ti. The summed E-state index contributed by atoms with van der Waals surface area (Å²) in [6, 6.07) is 0. The fraction of sp³-hybridized carbons (Fsp3) is 0.333. The fourth-order valence-corrected chi connectivity index (χ4v) is 0.416. The van der Waals surface area contributed by atoms with E-state index in [0.717, 1.165) is 0 Å². The summed E-state index contributed by atoms with van der Waals surface area (Å²) in [4.78, 5) is 13.2. The zero-order valence-corrected chi connectivity index (χ0v) is 11.5. The third-order valence-electron chi connectivity index (χ3n) is 0.842. The van der Waals surface area contributed by atoms with Crippen LogP contribution in [-0.2, 0) is 24.2 Å². The van der Waals surface area contributed by atoms with Gasteiger partial charge in [-0.15, -0.1) is 0 Å². The number of hydrogen-bond acceptors (Lipinski definition) is 3. The van der Waals surface area contributed by atoms with Crippen LogP contribution in [0.1, 0.15) is 6.92 Å². The van der Waals surface area contributed by atoms with E-state index in [2.05, 4.69) is 16.1 Å². The molecule has 0 saturated heterocycles. The first-order valence-corrected chi connectivity index (χ1v) is 9.92. The maximum absolute atomic E-state index is 10.7. The van der Waals surface area contributed by atoms with E-state index in [1.54, 1.807) is 6.92 Å². The van der Waals surface area contributed by atoms with Crippen LogP contribution in [0.5, 0.6) is 0 Å². The molecule has 0 bridgehead atoms. The van der Waals surface area contributed by atoms with Crippen LogP contribution in [-0.4, -0.2) is 28.2 Å². The summed E-state index contributed by atoms with van der Waals surface area (Å²) in [5.41, 5.74) is 7.58. The molecule has 0 aliphatic rings. The van der Waals surface area contributed by atoms with E-state index in [0.29, 0.717) is 0 Å². The van der Waals surface area contributed by atoms with Crippen molar-refractivity contribution >= 4 is 39.6 Å². The minimum absolute atomic E-state index is 0.144. The van der Waals surface area contributed by atoms with E-state index in [9.17, 15) is 4.79 Å². The van der Waals surface area contributed by atoms with E-state index in [1.807, 2.05) is 0 Å². The van der Waals surface area contributed by atoms with Crippen molar-refractivity contribution in [2.24, 2.45) is 0 Å². The fourth-order valence-electron chi connectivity index (χ4n) is 0.416. The molecule has 9 heteroatoms. The van der Waals surface area contributed by atoms with Gasteiger partial charge in [0.1, 0.15) is 0 Å². The molecule has 15 heavy (non-hydrogen) atoms. The van der Waals surface area contributed by atoms with Gasteiger partial charge in [-0.25, -0.2) is 4.79 Å². The van der Waals surface area contributed by atoms with Gasteiger partial charge in [0.2, 0.25) is 5.76 Å². The number of rotatable bonds is 3. The van der Waals surface area contributed by atoms with Crippen molar-refractivity contribution in [2.75, 3.05) is 6.61 Å². The van der Waals surface area contributed by atoms with Crippen molar-refractivity contribution in [1.29, 1.82) is 0 Å². The first-order valence-electron chi connectivity index (χ1n) is 3.47. The minimum atomic E-state index is -1.92. The van der Waals surface area contributed by atoms with Crippen LogP contribution in [0, 0.1) is 0 Å². The van der Waals surface area contributed by atoms with Crippen LogP contribution >= 0.6 is 27.9 Å². The number of aliphatic hydroxyl groups excluding tert-OH is 1. The Kier molecular flexibility index (Phi) is 12.1. The molecule has 0 saturated carbocycles. The predicted octanol–water partition coefficient (Wildman–Crippen LogP) is 2.36. The Balaban J connectivity index is 0. The van der Waals surface area contributed by atoms with Crippen LogP contribution in [0.2, 0.25) is 0 Å². The number of hydrogen-bond donors (Lipinski definition) is 1. The van der Waals surface area contributed by atoms with Gasteiger partial charge < -0.3 is 15.4 Å². The van der Waals surface area contributed by atoms with Crippen molar-refractivity contribution < 1.29 is 34.1 Å². The second kappa shape index (κ2) is 10.5. The van der Waals surface area contributed by atoms with E-state index < -0.39 is 32.1 Å². The predicted molar refractivity (Wildman–Crippen MR) is 54.6 cm³/mol. The zero-order valence-electron chi connectivity index (χ0n) is 7.71. The number of carbonyl (C=O) groups excluding carboxylic acids is 1. The van der Waals surface area contributed by atoms with Gasteiger partial charge >= 0.3 is 54.3 Å². The molecule has 0 aliphatic carbocycles. The summed E-state index contributed by atoms with van der Waals surface area (Å²) in [7, 11) is 14.9. The summed E-state index contributed by atoms with van der Waals surface area (Å²) in [6.07, 6.45) is 0. The van der Waals surface area contributed by atoms with E-state index in [4.69, 9.17) is 38.6 Å². The molecule has 0 aromatic rings. The van der Waals surface area contributed by atoms with Gasteiger partial charge in [-0.2, -0.15) is 4.79 Å². The Hall–Kier alpha value is -0.0257. The summed E-state index contributed by atoms with van der Waals surface area (Å²) < 4.78 is 4.41. The molecule has 5 nitrogen and oxygen atoms in total. The molecule has 0 heterocycles.